The smallest absolute Gasteiger partial charge is 0.132 e. The third kappa shape index (κ3) is 7.28. The van der Waals surface area contributed by atoms with Gasteiger partial charge in [-0.3, -0.25) is 4.79 Å². The van der Waals surface area contributed by atoms with Crippen LogP contribution in [-0.4, -0.2) is 5.78 Å². The van der Waals surface area contributed by atoms with E-state index in [9.17, 15) is 4.79 Å². The quantitative estimate of drug-likeness (QED) is 0.409. The minimum atomic E-state index is 0.541. The minimum absolute atomic E-state index is 0.541. The molecule has 2 fully saturated rings. The molecule has 0 unspecified atom stereocenters. The summed E-state index contributed by atoms with van der Waals surface area (Å²) in [6, 6.07) is 0. The molecule has 24 heavy (non-hydrogen) atoms. The normalized spacial score (nSPS) is 31.1. The Morgan fingerprint density at radius 2 is 0.958 bits per heavy atom. The van der Waals surface area contributed by atoms with Crippen LogP contribution in [0.2, 0.25) is 0 Å². The molecule has 1 nitrogen and oxygen atoms in total. The Kier molecular flexibility index (Phi) is 9.43. The first-order valence-corrected chi connectivity index (χ1v) is 11.2. The van der Waals surface area contributed by atoms with Crippen molar-refractivity contribution in [1.29, 1.82) is 0 Å². The summed E-state index contributed by atoms with van der Waals surface area (Å²) in [5, 5.41) is 0. The predicted octanol–water partition coefficient (Wildman–Crippen LogP) is 7.33. The molecule has 0 saturated heterocycles. The zero-order valence-electron chi connectivity index (χ0n) is 16.5. The Morgan fingerprint density at radius 1 is 0.625 bits per heavy atom. The van der Waals surface area contributed by atoms with Crippen molar-refractivity contribution in [1.82, 2.24) is 0 Å². The Balaban J connectivity index is 1.46. The second-order valence-corrected chi connectivity index (χ2v) is 8.91. The summed E-state index contributed by atoms with van der Waals surface area (Å²) in [6.07, 6.45) is 20.8. The zero-order chi connectivity index (χ0) is 17.2. The summed E-state index contributed by atoms with van der Waals surface area (Å²) in [5.74, 6) is 4.38. The van der Waals surface area contributed by atoms with Gasteiger partial charge in [0, 0.05) is 12.8 Å². The third-order valence-electron chi connectivity index (χ3n) is 7.22. The van der Waals surface area contributed by atoms with E-state index in [1.807, 2.05) is 0 Å². The molecule has 0 radical (unpaired) electrons. The van der Waals surface area contributed by atoms with E-state index in [-0.39, 0.29) is 0 Å². The van der Waals surface area contributed by atoms with Crippen LogP contribution in [0.5, 0.6) is 0 Å². The van der Waals surface area contributed by atoms with Gasteiger partial charge in [-0.25, -0.2) is 0 Å². The van der Waals surface area contributed by atoms with E-state index in [0.29, 0.717) is 5.78 Å². The van der Waals surface area contributed by atoms with Crippen molar-refractivity contribution in [3.8, 4) is 0 Å². The molecule has 0 aromatic rings. The number of carbonyl (C=O) groups excluding carboxylic acids is 1. The molecule has 0 aromatic carbocycles. The lowest BCUT2D eigenvalue weighted by atomic mass is 9.78. The third-order valence-corrected chi connectivity index (χ3v) is 7.22. The van der Waals surface area contributed by atoms with Crippen molar-refractivity contribution >= 4 is 5.78 Å². The van der Waals surface area contributed by atoms with E-state index in [1.165, 1.54) is 77.0 Å². The molecule has 2 aliphatic carbocycles. The van der Waals surface area contributed by atoms with Gasteiger partial charge >= 0.3 is 0 Å². The highest BCUT2D eigenvalue weighted by atomic mass is 16.1. The molecule has 140 valence electrons. The number of Topliss-reactive ketones (excluding diaryl/α,β-unsaturated/α-hetero) is 1. The van der Waals surface area contributed by atoms with Crippen LogP contribution in [0.3, 0.4) is 0 Å². The summed E-state index contributed by atoms with van der Waals surface area (Å²) in [6.45, 7) is 4.66. The molecule has 0 amide bonds. The minimum Gasteiger partial charge on any atom is -0.300 e. The first kappa shape index (κ1) is 20.0. The Labute approximate surface area is 151 Å². The molecule has 2 rings (SSSR count). The topological polar surface area (TPSA) is 17.1 Å². The Hall–Kier alpha value is -0.330. The number of ketones is 1. The summed E-state index contributed by atoms with van der Waals surface area (Å²) in [5.41, 5.74) is 0. The molecule has 1 heteroatoms. The van der Waals surface area contributed by atoms with Crippen LogP contribution in [0.25, 0.3) is 0 Å². The fourth-order valence-electron chi connectivity index (χ4n) is 5.16. The first-order valence-electron chi connectivity index (χ1n) is 11.2. The molecule has 0 aliphatic heterocycles. The van der Waals surface area contributed by atoms with Gasteiger partial charge in [0.2, 0.25) is 0 Å². The highest BCUT2D eigenvalue weighted by molar-refractivity contribution is 5.78. The van der Waals surface area contributed by atoms with E-state index in [1.54, 1.807) is 0 Å². The maximum absolute atomic E-state index is 12.1. The van der Waals surface area contributed by atoms with Gasteiger partial charge in [-0.2, -0.15) is 0 Å². The second kappa shape index (κ2) is 11.3. The number of hydrogen-bond acceptors (Lipinski definition) is 1. The average molecular weight is 335 g/mol. The molecule has 0 heterocycles. The van der Waals surface area contributed by atoms with Gasteiger partial charge in [-0.05, 0) is 36.5 Å². The standard InChI is InChI=1S/C23H42O/c1-3-19-11-15-21(16-12-19)7-5-9-23(24)10-6-8-22-17-13-20(4-2)14-18-22/h19-22H,3-18H2,1-2H3. The second-order valence-electron chi connectivity index (χ2n) is 8.91. The fourth-order valence-corrected chi connectivity index (χ4v) is 5.16. The Bertz CT molecular complexity index is 300. The van der Waals surface area contributed by atoms with Crippen molar-refractivity contribution < 1.29 is 4.79 Å². The number of carbonyl (C=O) groups is 1. The van der Waals surface area contributed by atoms with Gasteiger partial charge in [-0.15, -0.1) is 0 Å². The van der Waals surface area contributed by atoms with Gasteiger partial charge in [0.05, 0.1) is 0 Å². The van der Waals surface area contributed by atoms with Crippen molar-refractivity contribution in [2.75, 3.05) is 0 Å². The van der Waals surface area contributed by atoms with Crippen LogP contribution < -0.4 is 0 Å². The molecule has 2 saturated carbocycles. The summed E-state index contributed by atoms with van der Waals surface area (Å²) in [4.78, 5) is 12.1. The average Bonchev–Trinajstić information content (AvgIpc) is 2.63. The molecule has 2 aliphatic rings. The van der Waals surface area contributed by atoms with Crippen molar-refractivity contribution in [3.05, 3.63) is 0 Å². The Morgan fingerprint density at radius 3 is 1.29 bits per heavy atom. The fraction of sp³-hybridized carbons (Fsp3) is 0.957. The molecule has 0 spiro atoms. The van der Waals surface area contributed by atoms with Crippen molar-refractivity contribution in [2.45, 2.75) is 117 Å². The predicted molar refractivity (Wildman–Crippen MR) is 104 cm³/mol. The van der Waals surface area contributed by atoms with Crippen LogP contribution in [0.1, 0.15) is 117 Å². The van der Waals surface area contributed by atoms with Gasteiger partial charge in [0.1, 0.15) is 5.78 Å². The molecule has 0 atom stereocenters. The van der Waals surface area contributed by atoms with E-state index in [2.05, 4.69) is 13.8 Å². The van der Waals surface area contributed by atoms with Gasteiger partial charge in [-0.1, -0.05) is 90.9 Å². The van der Waals surface area contributed by atoms with Gasteiger partial charge in [0.15, 0.2) is 0 Å². The lowest BCUT2D eigenvalue weighted by molar-refractivity contribution is -0.119. The SMILES string of the molecule is CCC1CCC(CCCC(=O)CCCC2CCC(CC)CC2)CC1. The molecular formula is C23H42O. The lowest BCUT2D eigenvalue weighted by Crippen LogP contribution is -2.15. The van der Waals surface area contributed by atoms with E-state index in [0.717, 1.165) is 49.4 Å². The van der Waals surface area contributed by atoms with Crippen molar-refractivity contribution in [2.24, 2.45) is 23.7 Å². The largest absolute Gasteiger partial charge is 0.300 e. The summed E-state index contributed by atoms with van der Waals surface area (Å²) in [7, 11) is 0. The maximum atomic E-state index is 12.1. The van der Waals surface area contributed by atoms with Crippen LogP contribution in [0, 0.1) is 23.7 Å². The van der Waals surface area contributed by atoms with E-state index in [4.69, 9.17) is 0 Å². The highest BCUT2D eigenvalue weighted by Crippen LogP contribution is 2.34. The van der Waals surface area contributed by atoms with Gasteiger partial charge < -0.3 is 0 Å². The van der Waals surface area contributed by atoms with Crippen LogP contribution >= 0.6 is 0 Å². The highest BCUT2D eigenvalue weighted by Gasteiger charge is 2.21. The van der Waals surface area contributed by atoms with Crippen molar-refractivity contribution in [3.63, 3.8) is 0 Å². The first-order chi connectivity index (χ1) is 11.7. The zero-order valence-corrected chi connectivity index (χ0v) is 16.5. The van der Waals surface area contributed by atoms with Crippen LogP contribution in [0.4, 0.5) is 0 Å². The molecule has 0 bridgehead atoms. The van der Waals surface area contributed by atoms with E-state index >= 15 is 0 Å². The molecule has 0 N–H and O–H groups in total. The van der Waals surface area contributed by atoms with E-state index < -0.39 is 0 Å². The monoisotopic (exact) mass is 334 g/mol. The summed E-state index contributed by atoms with van der Waals surface area (Å²) >= 11 is 0. The lowest BCUT2D eigenvalue weighted by Gasteiger charge is -2.28. The van der Waals surface area contributed by atoms with Crippen LogP contribution in [0.15, 0.2) is 0 Å². The number of rotatable bonds is 10. The summed E-state index contributed by atoms with van der Waals surface area (Å²) < 4.78 is 0. The van der Waals surface area contributed by atoms with Gasteiger partial charge in [0.25, 0.3) is 0 Å². The number of hydrogen-bond donors (Lipinski definition) is 0. The maximum Gasteiger partial charge on any atom is 0.132 e. The molecule has 0 aromatic heterocycles. The van der Waals surface area contributed by atoms with Crippen LogP contribution in [-0.2, 0) is 4.79 Å². The molecular weight excluding hydrogens is 292 g/mol.